The molecular weight excluding hydrogens is 404 g/mol. The molecule has 7 nitrogen and oxygen atoms in total. The number of benzene rings is 2. The highest BCUT2D eigenvalue weighted by atomic mass is 32.2. The lowest BCUT2D eigenvalue weighted by Crippen LogP contribution is -2.49. The molecule has 1 atom stereocenters. The predicted octanol–water partition coefficient (Wildman–Crippen LogP) is 3.43. The van der Waals surface area contributed by atoms with Gasteiger partial charge in [-0.1, -0.05) is 29.8 Å². The van der Waals surface area contributed by atoms with Crippen LogP contribution in [-0.2, 0) is 27.1 Å². The predicted molar refractivity (Wildman–Crippen MR) is 113 cm³/mol. The van der Waals surface area contributed by atoms with E-state index in [1.807, 2.05) is 29.4 Å². The summed E-state index contributed by atoms with van der Waals surface area (Å²) in [5, 5.41) is 0. The van der Waals surface area contributed by atoms with Crippen molar-refractivity contribution < 1.29 is 23.3 Å². The van der Waals surface area contributed by atoms with E-state index in [1.165, 1.54) is 7.11 Å². The second kappa shape index (κ2) is 8.57. The lowest BCUT2D eigenvalue weighted by molar-refractivity contribution is 0.0596. The maximum atomic E-state index is 13.1. The smallest absolute Gasteiger partial charge is 0.414 e. The number of esters is 1. The van der Waals surface area contributed by atoms with Gasteiger partial charge in [0.05, 0.1) is 23.3 Å². The SMILES string of the molecule is COC(=O)c1ccccc1S(=O)N1CCC(N2C(=O)OCc3cc(C)ccc32)CC1. The van der Waals surface area contributed by atoms with Crippen LogP contribution in [0, 0.1) is 6.92 Å². The van der Waals surface area contributed by atoms with E-state index >= 15 is 0 Å². The van der Waals surface area contributed by atoms with Crippen molar-refractivity contribution in [2.75, 3.05) is 25.1 Å². The molecule has 2 aliphatic rings. The number of hydrogen-bond acceptors (Lipinski definition) is 5. The van der Waals surface area contributed by atoms with Crippen molar-refractivity contribution in [2.24, 2.45) is 0 Å². The van der Waals surface area contributed by atoms with Crippen molar-refractivity contribution in [2.45, 2.75) is 37.3 Å². The summed E-state index contributed by atoms with van der Waals surface area (Å²) in [6, 6.07) is 12.8. The summed E-state index contributed by atoms with van der Waals surface area (Å²) >= 11 is 0. The van der Waals surface area contributed by atoms with Crippen LogP contribution in [0.1, 0.15) is 34.3 Å². The number of anilines is 1. The zero-order valence-corrected chi connectivity index (χ0v) is 17.8. The Morgan fingerprint density at radius 2 is 1.90 bits per heavy atom. The largest absolute Gasteiger partial charge is 0.465 e. The molecule has 158 valence electrons. The third-order valence-electron chi connectivity index (χ3n) is 5.55. The first-order valence-electron chi connectivity index (χ1n) is 9.89. The third-order valence-corrected chi connectivity index (χ3v) is 7.11. The number of ether oxygens (including phenoxy) is 2. The fourth-order valence-electron chi connectivity index (χ4n) is 4.02. The highest BCUT2D eigenvalue weighted by Crippen LogP contribution is 2.33. The summed E-state index contributed by atoms with van der Waals surface area (Å²) in [4.78, 5) is 26.7. The van der Waals surface area contributed by atoms with Crippen LogP contribution in [0.3, 0.4) is 0 Å². The van der Waals surface area contributed by atoms with Crippen LogP contribution >= 0.6 is 0 Å². The Hall–Kier alpha value is -2.71. The highest BCUT2D eigenvalue weighted by molar-refractivity contribution is 7.82. The molecule has 0 bridgehead atoms. The molecule has 1 fully saturated rings. The fraction of sp³-hybridized carbons (Fsp3) is 0.364. The first-order chi connectivity index (χ1) is 14.5. The number of piperidine rings is 1. The summed E-state index contributed by atoms with van der Waals surface area (Å²) in [6.07, 6.45) is 0.991. The van der Waals surface area contributed by atoms with Gasteiger partial charge in [-0.05, 0) is 38.0 Å². The normalized spacial score (nSPS) is 18.5. The van der Waals surface area contributed by atoms with E-state index < -0.39 is 17.0 Å². The van der Waals surface area contributed by atoms with E-state index in [4.69, 9.17) is 9.47 Å². The minimum Gasteiger partial charge on any atom is -0.465 e. The second-order valence-corrected chi connectivity index (χ2v) is 8.91. The van der Waals surface area contributed by atoms with Crippen LogP contribution in [0.25, 0.3) is 0 Å². The molecule has 0 radical (unpaired) electrons. The fourth-order valence-corrected chi connectivity index (χ4v) is 5.38. The Morgan fingerprint density at radius 1 is 1.17 bits per heavy atom. The molecule has 30 heavy (non-hydrogen) atoms. The summed E-state index contributed by atoms with van der Waals surface area (Å²) < 4.78 is 25.2. The molecule has 1 unspecified atom stereocenters. The zero-order valence-electron chi connectivity index (χ0n) is 17.0. The molecule has 2 heterocycles. The molecule has 0 aromatic heterocycles. The van der Waals surface area contributed by atoms with Crippen LogP contribution in [0.2, 0.25) is 0 Å². The number of cyclic esters (lactones) is 1. The average Bonchev–Trinajstić information content (AvgIpc) is 2.78. The van der Waals surface area contributed by atoms with Gasteiger partial charge in [-0.3, -0.25) is 4.90 Å². The first-order valence-corrected chi connectivity index (χ1v) is 11.0. The first kappa shape index (κ1) is 20.6. The molecule has 0 saturated carbocycles. The molecule has 4 rings (SSSR count). The lowest BCUT2D eigenvalue weighted by Gasteiger charge is -2.39. The molecule has 0 spiro atoms. The molecule has 1 amide bonds. The van der Waals surface area contributed by atoms with Gasteiger partial charge in [0, 0.05) is 24.7 Å². The molecule has 2 aromatic rings. The van der Waals surface area contributed by atoms with Gasteiger partial charge in [-0.15, -0.1) is 0 Å². The summed E-state index contributed by atoms with van der Waals surface area (Å²) in [7, 11) is -0.173. The number of methoxy groups -OCH3 is 1. The van der Waals surface area contributed by atoms with Crippen molar-refractivity contribution in [3.05, 3.63) is 59.2 Å². The number of fused-ring (bicyclic) bond motifs is 1. The summed E-state index contributed by atoms with van der Waals surface area (Å²) in [6.45, 7) is 3.38. The quantitative estimate of drug-likeness (QED) is 0.698. The van der Waals surface area contributed by atoms with Gasteiger partial charge >= 0.3 is 12.1 Å². The number of hydrogen-bond donors (Lipinski definition) is 0. The number of carbonyl (C=O) groups excluding carboxylic acids is 2. The number of rotatable bonds is 4. The Balaban J connectivity index is 1.50. The van der Waals surface area contributed by atoms with Gasteiger partial charge in [0.15, 0.2) is 0 Å². The minimum atomic E-state index is -1.48. The van der Waals surface area contributed by atoms with Gasteiger partial charge in [0.1, 0.15) is 17.6 Å². The maximum Gasteiger partial charge on any atom is 0.414 e. The number of amides is 1. The number of carbonyl (C=O) groups is 2. The van der Waals surface area contributed by atoms with E-state index in [-0.39, 0.29) is 12.1 Å². The lowest BCUT2D eigenvalue weighted by atomic mass is 10.0. The topological polar surface area (TPSA) is 76.2 Å². The van der Waals surface area contributed by atoms with E-state index in [2.05, 4.69) is 0 Å². The summed E-state index contributed by atoms with van der Waals surface area (Å²) in [5.41, 5.74) is 3.34. The molecule has 0 aliphatic carbocycles. The minimum absolute atomic E-state index is 0.0247. The van der Waals surface area contributed by atoms with Gasteiger partial charge < -0.3 is 9.47 Å². The highest BCUT2D eigenvalue weighted by Gasteiger charge is 2.35. The molecule has 2 aliphatic heterocycles. The number of aryl methyl sites for hydroxylation is 1. The van der Waals surface area contributed by atoms with Crippen LogP contribution < -0.4 is 4.90 Å². The standard InChI is InChI=1S/C22H24N2O5S/c1-15-7-8-19-16(13-15)14-29-22(26)24(19)17-9-11-23(12-10-17)30(27)20-6-4-3-5-18(20)21(25)28-2/h3-8,13,17H,9-12,14H2,1-2H3. The van der Waals surface area contributed by atoms with Crippen LogP contribution in [0.4, 0.5) is 10.5 Å². The van der Waals surface area contributed by atoms with Crippen molar-refractivity contribution in [3.8, 4) is 0 Å². The van der Waals surface area contributed by atoms with E-state index in [0.717, 1.165) is 16.8 Å². The van der Waals surface area contributed by atoms with Gasteiger partial charge in [-0.2, -0.15) is 0 Å². The molecule has 1 saturated heterocycles. The van der Waals surface area contributed by atoms with Gasteiger partial charge in [-0.25, -0.2) is 18.1 Å². The third kappa shape index (κ3) is 3.85. The summed E-state index contributed by atoms with van der Waals surface area (Å²) in [5.74, 6) is -0.503. The molecular formula is C22H24N2O5S. The average molecular weight is 429 g/mol. The molecule has 2 aromatic carbocycles. The van der Waals surface area contributed by atoms with Crippen molar-refractivity contribution >= 4 is 28.7 Å². The van der Waals surface area contributed by atoms with Crippen molar-refractivity contribution in [1.82, 2.24) is 4.31 Å². The van der Waals surface area contributed by atoms with Crippen LogP contribution in [0.5, 0.6) is 0 Å². The van der Waals surface area contributed by atoms with Crippen LogP contribution in [-0.4, -0.2) is 46.8 Å². The zero-order chi connectivity index (χ0) is 21.3. The maximum absolute atomic E-state index is 13.1. The van der Waals surface area contributed by atoms with Gasteiger partial charge in [0.25, 0.3) is 0 Å². The Bertz CT molecular complexity index is 1000. The second-order valence-electron chi connectivity index (χ2n) is 7.45. The molecule has 8 heteroatoms. The molecule has 0 N–H and O–H groups in total. The Labute approximate surface area is 178 Å². The Kier molecular flexibility index (Phi) is 5.87. The van der Waals surface area contributed by atoms with Gasteiger partial charge in [0.2, 0.25) is 0 Å². The number of nitrogens with zero attached hydrogens (tertiary/aromatic N) is 2. The van der Waals surface area contributed by atoms with E-state index in [9.17, 15) is 13.8 Å². The van der Waals surface area contributed by atoms with Crippen molar-refractivity contribution in [1.29, 1.82) is 0 Å². The Morgan fingerprint density at radius 3 is 2.63 bits per heavy atom. The monoisotopic (exact) mass is 428 g/mol. The van der Waals surface area contributed by atoms with E-state index in [0.29, 0.717) is 43.0 Å². The van der Waals surface area contributed by atoms with E-state index in [1.54, 1.807) is 29.2 Å². The van der Waals surface area contributed by atoms with Crippen LogP contribution in [0.15, 0.2) is 47.4 Å². The van der Waals surface area contributed by atoms with Crippen molar-refractivity contribution in [3.63, 3.8) is 0 Å².